The lowest BCUT2D eigenvalue weighted by Crippen LogP contribution is -2.58. The van der Waals surface area contributed by atoms with E-state index in [1.165, 1.54) is 0 Å². The maximum absolute atomic E-state index is 14.8. The fourth-order valence-electron chi connectivity index (χ4n) is 7.40. The lowest BCUT2D eigenvalue weighted by Gasteiger charge is -2.40. The van der Waals surface area contributed by atoms with Crippen LogP contribution in [-0.2, 0) is 14.4 Å². The Morgan fingerprint density at radius 1 is 1.20 bits per heavy atom. The molecule has 7 nitrogen and oxygen atoms in total. The van der Waals surface area contributed by atoms with Crippen LogP contribution in [0.25, 0.3) is 0 Å². The van der Waals surface area contributed by atoms with E-state index in [0.29, 0.717) is 36.6 Å². The maximum atomic E-state index is 14.8. The quantitative estimate of drug-likeness (QED) is 0.316. The molecule has 1 N–H and O–H groups in total. The molecule has 3 aliphatic heterocycles. The van der Waals surface area contributed by atoms with Crippen LogP contribution in [0.15, 0.2) is 49.6 Å². The third-order valence-electron chi connectivity index (χ3n) is 8.94. The third-order valence-corrected chi connectivity index (χ3v) is 11.2. The van der Waals surface area contributed by atoms with E-state index in [1.807, 2.05) is 32.9 Å². The number of hydrogen-bond acceptors (Lipinski definition) is 5. The summed E-state index contributed by atoms with van der Waals surface area (Å²) >= 11 is 8.23. The molecule has 0 radical (unpaired) electrons. The van der Waals surface area contributed by atoms with Crippen molar-refractivity contribution >= 4 is 46.8 Å². The first-order valence-electron chi connectivity index (χ1n) is 14.7. The molecular formula is C32H44ClN3O4S. The van der Waals surface area contributed by atoms with E-state index in [-0.39, 0.29) is 36.8 Å². The zero-order chi connectivity index (χ0) is 30.1. The van der Waals surface area contributed by atoms with Gasteiger partial charge in [-0.1, -0.05) is 56.7 Å². The molecule has 1 aromatic rings. The number of amides is 3. The number of benzene rings is 1. The first-order valence-corrected chi connectivity index (χ1v) is 15.9. The summed E-state index contributed by atoms with van der Waals surface area (Å²) in [5.74, 6) is -1.54. The number of para-hydroxylation sites is 1. The number of aliphatic hydroxyl groups is 1. The van der Waals surface area contributed by atoms with Crippen molar-refractivity contribution in [3.63, 3.8) is 0 Å². The van der Waals surface area contributed by atoms with Gasteiger partial charge in [-0.25, -0.2) is 0 Å². The molecule has 0 saturated carbocycles. The molecule has 4 rings (SSSR count). The van der Waals surface area contributed by atoms with Crippen LogP contribution in [0.1, 0.15) is 53.4 Å². The Morgan fingerprint density at radius 2 is 1.88 bits per heavy atom. The van der Waals surface area contributed by atoms with Crippen molar-refractivity contribution in [1.29, 1.82) is 0 Å². The molecule has 2 unspecified atom stereocenters. The predicted molar refractivity (Wildman–Crippen MR) is 167 cm³/mol. The number of hydrogen-bond donors (Lipinski definition) is 1. The van der Waals surface area contributed by atoms with E-state index in [0.717, 1.165) is 12.8 Å². The van der Waals surface area contributed by atoms with Gasteiger partial charge in [0.05, 0.1) is 39.9 Å². The summed E-state index contributed by atoms with van der Waals surface area (Å²) in [4.78, 5) is 48.7. The average Bonchev–Trinajstić information content (AvgIpc) is 3.50. The minimum Gasteiger partial charge on any atom is -0.394 e. The van der Waals surface area contributed by atoms with Crippen molar-refractivity contribution < 1.29 is 19.5 Å². The summed E-state index contributed by atoms with van der Waals surface area (Å²) in [7, 11) is 0. The fraction of sp³-hybridized carbons (Fsp3) is 0.594. The molecule has 2 bridgehead atoms. The topological polar surface area (TPSA) is 81.2 Å². The van der Waals surface area contributed by atoms with Crippen LogP contribution in [0.4, 0.5) is 5.69 Å². The summed E-state index contributed by atoms with van der Waals surface area (Å²) in [6.45, 7) is 16.9. The Bertz CT molecular complexity index is 1190. The second-order valence-electron chi connectivity index (χ2n) is 12.2. The van der Waals surface area contributed by atoms with Crippen LogP contribution in [0.2, 0.25) is 5.02 Å². The van der Waals surface area contributed by atoms with Gasteiger partial charge in [-0.05, 0) is 50.7 Å². The normalized spacial score (nSPS) is 29.0. The predicted octanol–water partition coefficient (Wildman–Crippen LogP) is 5.17. The zero-order valence-corrected chi connectivity index (χ0v) is 26.3. The van der Waals surface area contributed by atoms with Gasteiger partial charge in [-0.3, -0.25) is 14.4 Å². The van der Waals surface area contributed by atoms with Crippen LogP contribution in [0.3, 0.4) is 0 Å². The smallest absolute Gasteiger partial charge is 0.251 e. The van der Waals surface area contributed by atoms with Crippen LogP contribution >= 0.6 is 23.4 Å². The molecular weight excluding hydrogens is 558 g/mol. The van der Waals surface area contributed by atoms with Crippen molar-refractivity contribution in [3.8, 4) is 0 Å². The van der Waals surface area contributed by atoms with Gasteiger partial charge in [0.25, 0.3) is 5.91 Å². The van der Waals surface area contributed by atoms with Crippen LogP contribution in [-0.4, -0.2) is 80.4 Å². The molecule has 0 aromatic heterocycles. The van der Waals surface area contributed by atoms with Gasteiger partial charge in [0.15, 0.2) is 0 Å². The molecule has 3 saturated heterocycles. The number of halogens is 1. The highest BCUT2D eigenvalue weighted by atomic mass is 35.5. The largest absolute Gasteiger partial charge is 0.394 e. The Balaban J connectivity index is 1.87. The summed E-state index contributed by atoms with van der Waals surface area (Å²) in [6.07, 6.45) is 6.08. The van der Waals surface area contributed by atoms with Crippen LogP contribution in [0, 0.1) is 17.8 Å². The zero-order valence-electron chi connectivity index (χ0n) is 24.7. The van der Waals surface area contributed by atoms with Gasteiger partial charge in [-0.15, -0.1) is 24.9 Å². The number of fused-ring (bicyclic) bond motifs is 1. The van der Waals surface area contributed by atoms with Crippen molar-refractivity contribution in [1.82, 2.24) is 9.80 Å². The Morgan fingerprint density at radius 3 is 2.46 bits per heavy atom. The average molecular weight is 602 g/mol. The SMILES string of the molecule is C=CCN(CCC)C(=O)[C@H]1[C@H]2C(=O)N([C@@H](CO)CC(C)C)C(C(=O)N(CC=C)c3ccccc3Cl)C23CC[C@]1(C)S3. The van der Waals surface area contributed by atoms with E-state index in [1.54, 1.807) is 50.7 Å². The lowest BCUT2D eigenvalue weighted by atomic mass is 9.66. The summed E-state index contributed by atoms with van der Waals surface area (Å²) in [6, 6.07) is 5.77. The lowest BCUT2D eigenvalue weighted by molar-refractivity contribution is -0.146. The van der Waals surface area contributed by atoms with Crippen molar-refractivity contribution in [2.45, 2.75) is 75.0 Å². The van der Waals surface area contributed by atoms with Gasteiger partial charge in [0.2, 0.25) is 11.8 Å². The molecule has 224 valence electrons. The van der Waals surface area contributed by atoms with Gasteiger partial charge < -0.3 is 19.8 Å². The second-order valence-corrected chi connectivity index (χ2v) is 14.5. The molecule has 41 heavy (non-hydrogen) atoms. The number of carbonyl (C=O) groups is 3. The maximum Gasteiger partial charge on any atom is 0.251 e. The highest BCUT2D eigenvalue weighted by Crippen LogP contribution is 2.72. The van der Waals surface area contributed by atoms with Gasteiger partial charge in [0, 0.05) is 24.4 Å². The van der Waals surface area contributed by atoms with E-state index in [9.17, 15) is 19.5 Å². The number of aliphatic hydroxyl groups excluding tert-OH is 1. The van der Waals surface area contributed by atoms with Crippen LogP contribution in [0.5, 0.6) is 0 Å². The number of likely N-dealkylation sites (tertiary alicyclic amines) is 1. The number of anilines is 1. The van der Waals surface area contributed by atoms with Crippen molar-refractivity contribution in [2.75, 3.05) is 31.1 Å². The Hall–Kier alpha value is -2.29. The van der Waals surface area contributed by atoms with E-state index < -0.39 is 33.4 Å². The van der Waals surface area contributed by atoms with E-state index in [2.05, 4.69) is 20.1 Å². The molecule has 0 aliphatic carbocycles. The van der Waals surface area contributed by atoms with E-state index in [4.69, 9.17) is 11.6 Å². The minimum atomic E-state index is -0.851. The summed E-state index contributed by atoms with van der Waals surface area (Å²) in [5, 5.41) is 11.0. The first kappa shape index (κ1) is 31.6. The molecule has 1 aromatic carbocycles. The Labute approximate surface area is 254 Å². The molecule has 3 heterocycles. The monoisotopic (exact) mass is 601 g/mol. The standard InChI is InChI=1S/C32H44ClN3O4S/c1-7-16-34(17-8-2)28(38)25-26-29(39)36(22(20-37)19-21(4)5)27(32(26)15-14-31(25,6)41-32)30(40)35(18-9-3)24-13-11-10-12-23(24)33/h7,9-13,21-22,25-27,37H,1,3,8,14-20H2,2,4-6H3/t22-,25-,26+,27?,31+,32?/m1/s1. The molecule has 3 fully saturated rings. The third kappa shape index (κ3) is 5.36. The second kappa shape index (κ2) is 12.5. The molecule has 3 amide bonds. The van der Waals surface area contributed by atoms with E-state index >= 15 is 0 Å². The summed E-state index contributed by atoms with van der Waals surface area (Å²) < 4.78 is -1.27. The number of nitrogens with zero attached hydrogens (tertiary/aromatic N) is 3. The van der Waals surface area contributed by atoms with Gasteiger partial charge >= 0.3 is 0 Å². The number of carbonyl (C=O) groups excluding carboxylic acids is 3. The molecule has 9 heteroatoms. The van der Waals surface area contributed by atoms with Crippen molar-refractivity contribution in [2.24, 2.45) is 17.8 Å². The molecule has 1 spiro atoms. The summed E-state index contributed by atoms with van der Waals surface area (Å²) in [5.41, 5.74) is 0.548. The Kier molecular flexibility index (Phi) is 9.66. The van der Waals surface area contributed by atoms with Gasteiger partial charge in [0.1, 0.15) is 6.04 Å². The van der Waals surface area contributed by atoms with Crippen LogP contribution < -0.4 is 4.90 Å². The fourth-order valence-corrected chi connectivity index (χ4v) is 9.97. The number of thioether (sulfide) groups is 1. The first-order chi connectivity index (χ1) is 19.5. The van der Waals surface area contributed by atoms with Gasteiger partial charge in [-0.2, -0.15) is 0 Å². The molecule has 3 aliphatic rings. The number of rotatable bonds is 13. The highest BCUT2D eigenvalue weighted by Gasteiger charge is 2.78. The van der Waals surface area contributed by atoms with Crippen molar-refractivity contribution in [3.05, 3.63) is 54.6 Å². The minimum absolute atomic E-state index is 0.0480. The molecule has 6 atom stereocenters. The highest BCUT2D eigenvalue weighted by molar-refractivity contribution is 8.02.